The van der Waals surface area contributed by atoms with Gasteiger partial charge in [-0.15, -0.1) is 0 Å². The van der Waals surface area contributed by atoms with Gasteiger partial charge in [-0.25, -0.2) is 0 Å². The van der Waals surface area contributed by atoms with Crippen LogP contribution in [0.15, 0.2) is 544 Å². The number of rotatable bonds is 19. The number of hydrogen-bond donors (Lipinski definition) is 2. The van der Waals surface area contributed by atoms with Gasteiger partial charge in [-0.3, -0.25) is 0 Å². The lowest BCUT2D eigenvalue weighted by Crippen LogP contribution is -2.10. The summed E-state index contributed by atoms with van der Waals surface area (Å²) in [6, 6.07) is 190. The molecule has 0 unspecified atom stereocenters. The van der Waals surface area contributed by atoms with E-state index in [1.807, 2.05) is 48.5 Å². The van der Waals surface area contributed by atoms with Gasteiger partial charge in [-0.1, -0.05) is 380 Å². The molecule has 0 radical (unpaired) electrons. The number of hydrogen-bond acceptors (Lipinski definition) is 6. The van der Waals surface area contributed by atoms with Crippen LogP contribution in [0.2, 0.25) is 0 Å². The second-order valence-electron chi connectivity index (χ2n) is 31.5. The molecule has 0 aliphatic heterocycles. The first-order chi connectivity index (χ1) is 63.9. The molecule has 2 N–H and O–H groups in total. The van der Waals surface area contributed by atoms with E-state index < -0.39 is 0 Å². The van der Waals surface area contributed by atoms with Gasteiger partial charge in [0.1, 0.15) is 0 Å². The van der Waals surface area contributed by atoms with Crippen LogP contribution in [-0.4, -0.2) is 0 Å². The van der Waals surface area contributed by atoms with Gasteiger partial charge in [0.2, 0.25) is 0 Å². The van der Waals surface area contributed by atoms with Crippen LogP contribution in [0.3, 0.4) is 0 Å². The van der Waals surface area contributed by atoms with Crippen molar-refractivity contribution in [1.82, 2.24) is 0 Å². The quantitative estimate of drug-likeness (QED) is 0.0840. The molecule has 22 aromatic rings. The monoisotopic (exact) mass is 1720 g/mol. The smallest absolute Gasteiger partial charge is 0.0540 e. The van der Waals surface area contributed by atoms with E-state index in [1.54, 1.807) is 0 Å². The fourth-order valence-electron chi connectivity index (χ4n) is 16.9. The Morgan fingerprint density at radius 3 is 0.543 bits per heavy atom. The molecule has 22 aromatic carbocycles. The normalized spacial score (nSPS) is 10.8. The topological polar surface area (TPSA) is 37.0 Å². The summed E-state index contributed by atoms with van der Waals surface area (Å²) in [6.07, 6.45) is 0. The number of fused-ring (bicyclic) bond motifs is 5. The minimum Gasteiger partial charge on any atom is -0.356 e. The number of halogens is 1. The molecule has 0 amide bonds. The maximum absolute atomic E-state index is 3.50. The second kappa shape index (κ2) is 39.5. The molecule has 0 aromatic heterocycles. The van der Waals surface area contributed by atoms with Gasteiger partial charge in [0.05, 0.1) is 22.7 Å². The highest BCUT2D eigenvalue weighted by atomic mass is 79.9. The van der Waals surface area contributed by atoms with E-state index in [1.165, 1.54) is 87.2 Å². The maximum atomic E-state index is 3.50. The van der Waals surface area contributed by atoms with Crippen LogP contribution < -0.4 is 30.2 Å². The van der Waals surface area contributed by atoms with Crippen molar-refractivity contribution in [3.63, 3.8) is 0 Å². The van der Waals surface area contributed by atoms with Crippen molar-refractivity contribution in [2.24, 2.45) is 0 Å². The summed E-state index contributed by atoms with van der Waals surface area (Å²) in [5.74, 6) is 0. The number of nitrogens with one attached hydrogen (secondary N) is 2. The van der Waals surface area contributed by atoms with E-state index in [4.69, 9.17) is 0 Å². The van der Waals surface area contributed by atoms with E-state index in [9.17, 15) is 0 Å². The Kier molecular flexibility index (Phi) is 25.1. The molecular formula is C122H91BrN6. The third-order valence-electron chi connectivity index (χ3n) is 23.2. The molecule has 0 atom stereocenters. The first kappa shape index (κ1) is 82.1. The molecule has 0 aliphatic carbocycles. The summed E-state index contributed by atoms with van der Waals surface area (Å²) >= 11 is 3.50. The van der Waals surface area contributed by atoms with Crippen molar-refractivity contribution in [3.8, 4) is 33.4 Å². The van der Waals surface area contributed by atoms with Gasteiger partial charge in [-0.2, -0.15) is 0 Å². The third-order valence-corrected chi connectivity index (χ3v) is 23.9. The highest BCUT2D eigenvalue weighted by molar-refractivity contribution is 9.10. The van der Waals surface area contributed by atoms with E-state index >= 15 is 0 Å². The minimum atomic E-state index is 1.09. The summed E-state index contributed by atoms with van der Waals surface area (Å²) < 4.78 is 1.16. The van der Waals surface area contributed by atoms with Crippen LogP contribution in [0, 0.1) is 0 Å². The van der Waals surface area contributed by atoms with Gasteiger partial charge in [-0.05, 0) is 242 Å². The highest BCUT2D eigenvalue weighted by Crippen LogP contribution is 2.46. The average molecular weight is 1720 g/mol. The molecule has 22 rings (SSSR count). The zero-order valence-corrected chi connectivity index (χ0v) is 72.6. The average Bonchev–Trinajstić information content (AvgIpc) is 0.785. The fourth-order valence-corrected chi connectivity index (χ4v) is 17.4. The van der Waals surface area contributed by atoms with Crippen LogP contribution in [0.4, 0.5) is 91.0 Å². The van der Waals surface area contributed by atoms with E-state index in [0.29, 0.717) is 0 Å². The molecule has 0 spiro atoms. The van der Waals surface area contributed by atoms with Crippen molar-refractivity contribution in [3.05, 3.63) is 544 Å². The van der Waals surface area contributed by atoms with Gasteiger partial charge in [0, 0.05) is 94.3 Å². The summed E-state index contributed by atoms with van der Waals surface area (Å²) in [6.45, 7) is 0. The molecule has 0 saturated heterocycles. The molecule has 6 nitrogen and oxygen atoms in total. The van der Waals surface area contributed by atoms with E-state index in [-0.39, 0.29) is 0 Å². The van der Waals surface area contributed by atoms with Crippen LogP contribution in [0.5, 0.6) is 0 Å². The van der Waals surface area contributed by atoms with Gasteiger partial charge >= 0.3 is 0 Å². The Hall–Kier alpha value is -16.6. The first-order valence-electron chi connectivity index (χ1n) is 43.6. The van der Waals surface area contributed by atoms with Gasteiger partial charge in [0.25, 0.3) is 0 Å². The summed E-state index contributed by atoms with van der Waals surface area (Å²) in [5, 5.41) is 19.2. The van der Waals surface area contributed by atoms with E-state index in [2.05, 4.69) is 538 Å². The summed E-state index contributed by atoms with van der Waals surface area (Å²) in [7, 11) is 0. The predicted molar refractivity (Wildman–Crippen MR) is 555 cm³/mol. The first-order valence-corrected chi connectivity index (χ1v) is 44.4. The molecule has 0 saturated carbocycles. The van der Waals surface area contributed by atoms with Crippen LogP contribution in [-0.2, 0) is 0 Å². The molecule has 0 heterocycles. The van der Waals surface area contributed by atoms with Crippen molar-refractivity contribution in [2.45, 2.75) is 0 Å². The second-order valence-corrected chi connectivity index (χ2v) is 32.3. The summed E-state index contributed by atoms with van der Waals surface area (Å²) in [4.78, 5) is 9.38. The van der Waals surface area contributed by atoms with Crippen molar-refractivity contribution in [2.75, 3.05) is 30.2 Å². The maximum Gasteiger partial charge on any atom is 0.0540 e. The number of benzene rings is 22. The van der Waals surface area contributed by atoms with Gasteiger partial charge < -0.3 is 30.2 Å². The van der Waals surface area contributed by atoms with Crippen molar-refractivity contribution >= 4 is 161 Å². The largest absolute Gasteiger partial charge is 0.356 e. The molecule has 0 fully saturated rings. The summed E-state index contributed by atoms with van der Waals surface area (Å²) in [5.41, 5.74) is 25.1. The Balaban J connectivity index is 0.000000122. The molecule has 0 aliphatic rings. The molecule has 129 heavy (non-hydrogen) atoms. The molecule has 0 bridgehead atoms. The third kappa shape index (κ3) is 19.1. The Morgan fingerprint density at radius 1 is 0.132 bits per heavy atom. The standard InChI is InChI=1S/2C44H32N2.C24H20N2.C10H7Br/c2*1-3-17-37(18-4-1)45(43-23-11-15-35-13-7-9-21-41(35)43)39-29-25-33(26-30-39)34-27-31-40(32-28-34)46(38-19-5-2-6-20-38)44-24-12-16-36-14-8-10-22-42(36)44;1-3-7-21(8-4-1)25-23-15-11-19(12-16-23)20-13-17-24(18-14-20)26-22-9-5-2-6-10-22;11-10-7-3-5-8-4-1-2-6-9(8)10/h2*1-32H;1-18,25-26H;1-7H. The zero-order valence-electron chi connectivity index (χ0n) is 71.1. The molecule has 616 valence electrons. The number of nitrogens with zero attached hydrogens (tertiary/aromatic N) is 4. The molecular weight excluding hydrogens is 1630 g/mol. The van der Waals surface area contributed by atoms with Gasteiger partial charge in [0.15, 0.2) is 0 Å². The van der Waals surface area contributed by atoms with Crippen LogP contribution >= 0.6 is 15.9 Å². The number of anilines is 16. The number of para-hydroxylation sites is 6. The Morgan fingerprint density at radius 2 is 0.302 bits per heavy atom. The van der Waals surface area contributed by atoms with Crippen LogP contribution in [0.25, 0.3) is 87.2 Å². The lowest BCUT2D eigenvalue weighted by molar-refractivity contribution is 1.29. The van der Waals surface area contributed by atoms with Crippen molar-refractivity contribution < 1.29 is 0 Å². The lowest BCUT2D eigenvalue weighted by atomic mass is 10.0. The SMILES string of the molecule is Brc1cccc2ccccc12.c1ccc(N(c2ccc(-c3ccc(N(c4ccccc4)c4cccc5ccccc45)cc3)cc2)c2cccc3ccccc23)cc1.c1ccc(N(c2ccc(-c3ccc(N(c4ccccc4)c4cccc5ccccc45)cc3)cc2)c2cccc3ccccc23)cc1.c1ccc(Nc2ccc(-c3ccc(Nc4ccccc4)cc3)cc2)cc1. The van der Waals surface area contributed by atoms with Crippen LogP contribution in [0.1, 0.15) is 0 Å². The van der Waals surface area contributed by atoms with E-state index in [0.717, 1.165) is 95.5 Å². The van der Waals surface area contributed by atoms with Crippen molar-refractivity contribution in [1.29, 1.82) is 0 Å². The highest BCUT2D eigenvalue weighted by Gasteiger charge is 2.21. The molecule has 7 heteroatoms. The zero-order chi connectivity index (χ0) is 86.7. The lowest BCUT2D eigenvalue weighted by Gasteiger charge is -2.27. The Labute approximate surface area is 763 Å². The fraction of sp³-hybridized carbons (Fsp3) is 0. The minimum absolute atomic E-state index is 1.09. The Bertz CT molecular complexity index is 6680. The predicted octanol–water partition coefficient (Wildman–Crippen LogP) is 35.6.